The Morgan fingerprint density at radius 1 is 1.28 bits per heavy atom. The first-order chi connectivity index (χ1) is 11.7. The van der Waals surface area contributed by atoms with Crippen molar-refractivity contribution in [2.75, 3.05) is 7.11 Å². The largest absolute Gasteiger partial charge is 0.468 e. The number of methoxy groups -OCH3 is 1. The van der Waals surface area contributed by atoms with E-state index in [0.717, 1.165) is 18.4 Å². The Morgan fingerprint density at radius 2 is 2.00 bits per heavy atom. The van der Waals surface area contributed by atoms with Crippen LogP contribution in [0.5, 0.6) is 0 Å². The van der Waals surface area contributed by atoms with E-state index in [9.17, 15) is 9.59 Å². The molecule has 0 aromatic carbocycles. The van der Waals surface area contributed by atoms with Crippen LogP contribution in [0.1, 0.15) is 33.6 Å². The Morgan fingerprint density at radius 3 is 2.64 bits per heavy atom. The number of esters is 2. The lowest BCUT2D eigenvalue weighted by Crippen LogP contribution is -2.70. The lowest BCUT2D eigenvalue weighted by atomic mass is 9.44. The molecule has 1 saturated carbocycles. The van der Waals surface area contributed by atoms with Crippen molar-refractivity contribution in [2.24, 2.45) is 28.6 Å². The van der Waals surface area contributed by atoms with Gasteiger partial charge in [0.05, 0.1) is 13.0 Å². The lowest BCUT2D eigenvalue weighted by molar-refractivity contribution is -0.232. The molecule has 3 heterocycles. The van der Waals surface area contributed by atoms with E-state index in [1.54, 1.807) is 12.2 Å². The van der Waals surface area contributed by atoms with Crippen LogP contribution in [-0.2, 0) is 23.8 Å². The Bertz CT molecular complexity index is 745. The molecule has 5 heteroatoms. The fraction of sp³-hybridized carbons (Fsp3) is 0.600. The maximum atomic E-state index is 13.1. The van der Waals surface area contributed by atoms with E-state index in [1.807, 2.05) is 13.0 Å². The third-order valence-electron chi connectivity index (χ3n) is 6.98. The molecule has 134 valence electrons. The molecule has 0 amide bonds. The summed E-state index contributed by atoms with van der Waals surface area (Å²) in [6.07, 6.45) is 7.13. The van der Waals surface area contributed by atoms with Crippen molar-refractivity contribution in [3.8, 4) is 0 Å². The summed E-state index contributed by atoms with van der Waals surface area (Å²) in [5.41, 5.74) is -1.01. The van der Waals surface area contributed by atoms with Crippen molar-refractivity contribution in [2.45, 2.75) is 39.2 Å². The van der Waals surface area contributed by atoms with Gasteiger partial charge in [-0.3, -0.25) is 9.59 Å². The molecule has 25 heavy (non-hydrogen) atoms. The van der Waals surface area contributed by atoms with E-state index in [1.165, 1.54) is 7.11 Å². The summed E-state index contributed by atoms with van der Waals surface area (Å²) in [5, 5.41) is 0. The molecule has 3 aliphatic heterocycles. The van der Waals surface area contributed by atoms with Gasteiger partial charge in [-0.2, -0.15) is 0 Å². The topological polar surface area (TPSA) is 61.8 Å². The van der Waals surface area contributed by atoms with E-state index in [0.29, 0.717) is 0 Å². The van der Waals surface area contributed by atoms with Crippen LogP contribution in [0.3, 0.4) is 0 Å². The van der Waals surface area contributed by atoms with Crippen LogP contribution in [0.25, 0.3) is 0 Å². The molecule has 1 spiro atoms. The van der Waals surface area contributed by atoms with Crippen molar-refractivity contribution in [3.63, 3.8) is 0 Å². The van der Waals surface area contributed by atoms with Gasteiger partial charge in [-0.15, -0.1) is 6.58 Å². The summed E-state index contributed by atoms with van der Waals surface area (Å²) in [6, 6.07) is 0. The molecule has 5 aliphatic rings. The monoisotopic (exact) mass is 344 g/mol. The minimum absolute atomic E-state index is 0.0423. The summed E-state index contributed by atoms with van der Waals surface area (Å²) in [6.45, 7) is 10.2. The number of carbonyl (C=O) groups is 2. The summed E-state index contributed by atoms with van der Waals surface area (Å²) >= 11 is 0. The molecule has 0 unspecified atom stereocenters. The van der Waals surface area contributed by atoms with Crippen LogP contribution in [0.15, 0.2) is 36.3 Å². The van der Waals surface area contributed by atoms with Gasteiger partial charge in [0.15, 0.2) is 5.60 Å². The molecule has 5 nitrogen and oxygen atoms in total. The van der Waals surface area contributed by atoms with Crippen LogP contribution in [0.4, 0.5) is 0 Å². The molecule has 5 rings (SSSR count). The quantitative estimate of drug-likeness (QED) is 0.569. The summed E-state index contributed by atoms with van der Waals surface area (Å²) in [7, 11) is 1.47. The first-order valence-corrected chi connectivity index (χ1v) is 8.77. The molecule has 0 aromatic heterocycles. The van der Waals surface area contributed by atoms with Crippen molar-refractivity contribution in [3.05, 3.63) is 36.3 Å². The fourth-order valence-corrected chi connectivity index (χ4v) is 5.57. The standard InChI is InChI=1S/C20H24O5/c1-6-19(4)8-7-13-18(2,3)12-9-11-10-14(23-5)24-17(22)15(19)20(11,13)25-16(12)21/h6,9-10,12-13,15H,1,7-8H2,2-5H3/t12-,13+,15+,19+,20-/m0/s1. The van der Waals surface area contributed by atoms with Crippen molar-refractivity contribution >= 4 is 11.9 Å². The minimum atomic E-state index is -1.02. The Hall–Kier alpha value is -2.04. The van der Waals surface area contributed by atoms with Gasteiger partial charge in [0.1, 0.15) is 5.92 Å². The average Bonchev–Trinajstić information content (AvgIpc) is 2.67. The second kappa shape index (κ2) is 4.77. The molecule has 2 aliphatic carbocycles. The molecule has 2 bridgehead atoms. The van der Waals surface area contributed by atoms with E-state index in [2.05, 4.69) is 20.4 Å². The maximum absolute atomic E-state index is 13.1. The number of hydrogen-bond donors (Lipinski definition) is 0. The zero-order valence-corrected chi connectivity index (χ0v) is 15.1. The zero-order chi connectivity index (χ0) is 18.2. The molecular formula is C20H24O5. The molecule has 0 radical (unpaired) electrons. The Balaban J connectivity index is 2.04. The van der Waals surface area contributed by atoms with Crippen molar-refractivity contribution in [1.29, 1.82) is 0 Å². The number of rotatable bonds is 2. The van der Waals surface area contributed by atoms with E-state index in [4.69, 9.17) is 14.2 Å². The minimum Gasteiger partial charge on any atom is -0.468 e. The predicted octanol–water partition coefficient (Wildman–Crippen LogP) is 3.13. The van der Waals surface area contributed by atoms with Crippen LogP contribution in [-0.4, -0.2) is 24.6 Å². The van der Waals surface area contributed by atoms with Gasteiger partial charge < -0.3 is 14.2 Å². The van der Waals surface area contributed by atoms with Gasteiger partial charge in [-0.05, 0) is 18.3 Å². The molecular weight excluding hydrogens is 320 g/mol. The molecule has 5 atom stereocenters. The first kappa shape index (κ1) is 16.4. The average molecular weight is 344 g/mol. The SMILES string of the molecule is C=C[C@]1(C)CC[C@@H]2C(C)(C)[C@H]3C=C4C=C(OC)OC(=O)[C@H]1[C@]42OC3=O. The lowest BCUT2D eigenvalue weighted by Gasteiger charge is -2.64. The third kappa shape index (κ3) is 1.79. The Kier molecular flexibility index (Phi) is 3.14. The number of ether oxygens (including phenoxy) is 3. The van der Waals surface area contributed by atoms with Gasteiger partial charge in [-0.1, -0.05) is 32.9 Å². The highest BCUT2D eigenvalue weighted by Crippen LogP contribution is 2.67. The van der Waals surface area contributed by atoms with Crippen molar-refractivity contribution in [1.82, 2.24) is 0 Å². The molecule has 1 saturated heterocycles. The highest BCUT2D eigenvalue weighted by Gasteiger charge is 2.72. The number of carbonyl (C=O) groups excluding carboxylic acids is 2. The van der Waals surface area contributed by atoms with E-state index < -0.39 is 22.9 Å². The van der Waals surface area contributed by atoms with Gasteiger partial charge in [0.2, 0.25) is 0 Å². The number of fused-ring (bicyclic) bond motifs is 1. The predicted molar refractivity (Wildman–Crippen MR) is 89.9 cm³/mol. The van der Waals surface area contributed by atoms with Gasteiger partial charge in [-0.25, -0.2) is 0 Å². The fourth-order valence-electron chi connectivity index (χ4n) is 5.57. The highest BCUT2D eigenvalue weighted by atomic mass is 16.7. The molecule has 2 fully saturated rings. The van der Waals surface area contributed by atoms with Crippen LogP contribution in [0, 0.1) is 28.6 Å². The summed E-state index contributed by atoms with van der Waals surface area (Å²) in [4.78, 5) is 25.8. The number of hydrogen-bond acceptors (Lipinski definition) is 5. The molecule has 0 aromatic rings. The van der Waals surface area contributed by atoms with Gasteiger partial charge in [0.25, 0.3) is 5.95 Å². The van der Waals surface area contributed by atoms with Crippen LogP contribution < -0.4 is 0 Å². The van der Waals surface area contributed by atoms with E-state index in [-0.39, 0.29) is 29.2 Å². The van der Waals surface area contributed by atoms with Gasteiger partial charge >= 0.3 is 11.9 Å². The highest BCUT2D eigenvalue weighted by molar-refractivity contribution is 5.86. The second-order valence-corrected chi connectivity index (χ2v) is 8.46. The Labute approximate surface area is 147 Å². The van der Waals surface area contributed by atoms with Crippen LogP contribution in [0.2, 0.25) is 0 Å². The summed E-state index contributed by atoms with van der Waals surface area (Å²) < 4.78 is 16.8. The first-order valence-electron chi connectivity index (χ1n) is 8.77. The number of allylic oxidation sites excluding steroid dienone is 1. The van der Waals surface area contributed by atoms with Crippen LogP contribution >= 0.6 is 0 Å². The second-order valence-electron chi connectivity index (χ2n) is 8.46. The maximum Gasteiger partial charge on any atom is 0.322 e. The molecule has 0 N–H and O–H groups in total. The van der Waals surface area contributed by atoms with Gasteiger partial charge in [0, 0.05) is 23.0 Å². The number of cyclic esters (lactones) is 1. The smallest absolute Gasteiger partial charge is 0.322 e. The van der Waals surface area contributed by atoms with Crippen molar-refractivity contribution < 1.29 is 23.8 Å². The summed E-state index contributed by atoms with van der Waals surface area (Å²) in [5.74, 6) is -1.47. The normalized spacial score (nSPS) is 43.8. The van der Waals surface area contributed by atoms with E-state index >= 15 is 0 Å². The zero-order valence-electron chi connectivity index (χ0n) is 15.1. The third-order valence-corrected chi connectivity index (χ3v) is 6.98.